The summed E-state index contributed by atoms with van der Waals surface area (Å²) in [5, 5.41) is 10.5. The Morgan fingerprint density at radius 1 is 1.08 bits per heavy atom. The number of nitrogens with zero attached hydrogens (tertiary/aromatic N) is 1. The molecule has 0 saturated carbocycles. The summed E-state index contributed by atoms with van der Waals surface area (Å²) in [4.78, 5) is 27.1. The number of carbonyl (C=O) groups is 2. The van der Waals surface area contributed by atoms with Gasteiger partial charge in [0.15, 0.2) is 9.84 Å². The number of amides is 1. The quantitative estimate of drug-likeness (QED) is 0.405. The minimum atomic E-state index is -3.63. The first-order chi connectivity index (χ1) is 17.2. The molecule has 1 N–H and O–H groups in total. The first-order valence-electron chi connectivity index (χ1n) is 12.2. The van der Waals surface area contributed by atoms with Crippen LogP contribution in [-0.2, 0) is 24.2 Å². The lowest BCUT2D eigenvalue weighted by Gasteiger charge is -2.48. The zero-order chi connectivity index (χ0) is 27.5. The van der Waals surface area contributed by atoms with E-state index in [4.69, 9.17) is 27.9 Å². The highest BCUT2D eigenvalue weighted by Crippen LogP contribution is 2.45. The van der Waals surface area contributed by atoms with Crippen LogP contribution in [0.5, 0.6) is 0 Å². The molecule has 1 aliphatic rings. The Morgan fingerprint density at radius 3 is 2.27 bits per heavy atom. The van der Waals surface area contributed by atoms with E-state index in [0.717, 1.165) is 0 Å². The average molecular weight is 571 g/mol. The second-order valence-electron chi connectivity index (χ2n) is 10.3. The van der Waals surface area contributed by atoms with Crippen molar-refractivity contribution in [3.63, 3.8) is 0 Å². The van der Waals surface area contributed by atoms with Gasteiger partial charge in [0.1, 0.15) is 12.2 Å². The van der Waals surface area contributed by atoms with Crippen molar-refractivity contribution in [3.05, 3.63) is 69.7 Å². The van der Waals surface area contributed by atoms with Crippen molar-refractivity contribution >= 4 is 44.9 Å². The van der Waals surface area contributed by atoms with Crippen molar-refractivity contribution in [2.24, 2.45) is 0 Å². The first kappa shape index (κ1) is 29.4. The maximum atomic E-state index is 13.9. The van der Waals surface area contributed by atoms with E-state index in [1.54, 1.807) is 74.2 Å². The van der Waals surface area contributed by atoms with Gasteiger partial charge in [0, 0.05) is 16.1 Å². The molecule has 0 spiro atoms. The number of carbonyl (C=O) groups excluding carboxylic acids is 1. The number of rotatable bonds is 9. The van der Waals surface area contributed by atoms with Crippen LogP contribution in [0.2, 0.25) is 10.0 Å². The van der Waals surface area contributed by atoms with Gasteiger partial charge >= 0.3 is 5.97 Å². The number of carboxylic acid groups (broad SMARTS) is 1. The van der Waals surface area contributed by atoms with Crippen LogP contribution in [0.4, 0.5) is 0 Å². The average Bonchev–Trinajstić information content (AvgIpc) is 2.79. The maximum Gasteiger partial charge on any atom is 0.306 e. The van der Waals surface area contributed by atoms with Gasteiger partial charge in [-0.1, -0.05) is 60.8 Å². The summed E-state index contributed by atoms with van der Waals surface area (Å²) in [7, 11) is -3.63. The van der Waals surface area contributed by atoms with Crippen molar-refractivity contribution in [3.8, 4) is 0 Å². The number of aliphatic carboxylic acids is 1. The van der Waals surface area contributed by atoms with E-state index in [9.17, 15) is 23.1 Å². The van der Waals surface area contributed by atoms with Crippen molar-refractivity contribution in [2.75, 3.05) is 5.75 Å². The molecule has 1 unspecified atom stereocenters. The summed E-state index contributed by atoms with van der Waals surface area (Å²) >= 11 is 12.4. The van der Waals surface area contributed by atoms with E-state index < -0.39 is 57.2 Å². The van der Waals surface area contributed by atoms with Crippen molar-refractivity contribution in [1.82, 2.24) is 4.90 Å². The smallest absolute Gasteiger partial charge is 0.306 e. The van der Waals surface area contributed by atoms with Crippen molar-refractivity contribution < 1.29 is 27.9 Å². The molecule has 0 bridgehead atoms. The Morgan fingerprint density at radius 2 is 1.73 bits per heavy atom. The standard InChI is InChI=1S/C27H33Cl2NO6S/c1-5-7-21(16-37(34,35)27(2,3)4)30-24(17-10-12-19(28)13-11-17)25(18-8-6-9-20(29)14-18)36-22(26(30)33)15-23(31)32/h6,8-14,21-22,24-25H,5,7,15-16H2,1-4H3,(H,31,32)/t21?,22-,24+,25+/m0/s1. The Balaban J connectivity index is 2.24. The van der Waals surface area contributed by atoms with E-state index in [1.165, 1.54) is 0 Å². The Bertz CT molecular complexity index is 1230. The molecule has 1 fully saturated rings. The fraction of sp³-hybridized carbons (Fsp3) is 0.481. The molecule has 1 amide bonds. The number of ether oxygens (including phenoxy) is 1. The molecule has 37 heavy (non-hydrogen) atoms. The van der Waals surface area contributed by atoms with Crippen molar-refractivity contribution in [1.29, 1.82) is 0 Å². The molecule has 0 aromatic heterocycles. The van der Waals surface area contributed by atoms with Gasteiger partial charge < -0.3 is 14.7 Å². The highest BCUT2D eigenvalue weighted by atomic mass is 35.5. The van der Waals surface area contributed by atoms with Gasteiger partial charge in [0.05, 0.1) is 23.0 Å². The molecule has 2 aromatic rings. The minimum absolute atomic E-state index is 0.262. The normalized spacial score (nSPS) is 21.6. The van der Waals surface area contributed by atoms with Crippen LogP contribution in [0.15, 0.2) is 48.5 Å². The Kier molecular flexibility index (Phi) is 9.32. The molecule has 3 rings (SSSR count). The first-order valence-corrected chi connectivity index (χ1v) is 14.6. The van der Waals surface area contributed by atoms with E-state index in [2.05, 4.69) is 0 Å². The third-order valence-corrected chi connectivity index (χ3v) is 9.71. The van der Waals surface area contributed by atoms with Crippen molar-refractivity contribution in [2.45, 2.75) is 76.0 Å². The lowest BCUT2D eigenvalue weighted by Crippen LogP contribution is -2.57. The molecule has 0 radical (unpaired) electrons. The molecule has 1 saturated heterocycles. The summed E-state index contributed by atoms with van der Waals surface area (Å²) in [6.07, 6.45) is -1.61. The summed E-state index contributed by atoms with van der Waals surface area (Å²) in [5.41, 5.74) is 1.33. The van der Waals surface area contributed by atoms with Gasteiger partial charge in [-0.05, 0) is 62.6 Å². The maximum absolute atomic E-state index is 13.9. The van der Waals surface area contributed by atoms with Crippen LogP contribution in [0.1, 0.15) is 70.2 Å². The molecule has 202 valence electrons. The van der Waals surface area contributed by atoms with E-state index in [0.29, 0.717) is 34.0 Å². The molecule has 7 nitrogen and oxygen atoms in total. The molecular weight excluding hydrogens is 537 g/mol. The second-order valence-corrected chi connectivity index (χ2v) is 13.9. The van der Waals surface area contributed by atoms with Gasteiger partial charge in [-0.15, -0.1) is 0 Å². The van der Waals surface area contributed by atoms with Crippen LogP contribution in [0, 0.1) is 0 Å². The fourth-order valence-electron chi connectivity index (χ4n) is 4.54. The molecule has 0 aliphatic carbocycles. The van der Waals surface area contributed by atoms with E-state index in [-0.39, 0.29) is 5.75 Å². The number of benzene rings is 2. The van der Waals surface area contributed by atoms with Gasteiger partial charge in [-0.3, -0.25) is 9.59 Å². The number of hydrogen-bond acceptors (Lipinski definition) is 5. The SMILES string of the molecule is CCCC(CS(=O)(=O)C(C)(C)C)N1C(=O)[C@H](CC(=O)O)O[C@H](c2cccc(Cl)c2)[C@H]1c1ccc(Cl)cc1. The molecule has 1 heterocycles. The minimum Gasteiger partial charge on any atom is -0.481 e. The predicted molar refractivity (Wildman–Crippen MR) is 145 cm³/mol. The number of halogens is 2. The van der Waals surface area contributed by atoms with Crippen LogP contribution in [0.25, 0.3) is 0 Å². The van der Waals surface area contributed by atoms with Gasteiger partial charge in [0.25, 0.3) is 5.91 Å². The van der Waals surface area contributed by atoms with E-state index in [1.807, 2.05) is 6.92 Å². The number of carboxylic acids is 1. The molecule has 1 aliphatic heterocycles. The largest absolute Gasteiger partial charge is 0.481 e. The molecule has 2 aromatic carbocycles. The lowest BCUT2D eigenvalue weighted by atomic mass is 9.89. The highest BCUT2D eigenvalue weighted by molar-refractivity contribution is 7.92. The van der Waals surface area contributed by atoms with Crippen LogP contribution >= 0.6 is 23.2 Å². The second kappa shape index (κ2) is 11.7. The van der Waals surface area contributed by atoms with Crippen LogP contribution in [0.3, 0.4) is 0 Å². The third kappa shape index (κ3) is 6.85. The molecule has 4 atom stereocenters. The topological polar surface area (TPSA) is 101 Å². The monoisotopic (exact) mass is 569 g/mol. The highest BCUT2D eigenvalue weighted by Gasteiger charge is 2.48. The van der Waals surface area contributed by atoms with Gasteiger partial charge in [-0.2, -0.15) is 0 Å². The number of sulfone groups is 1. The Labute approximate surface area is 228 Å². The fourth-order valence-corrected chi connectivity index (χ4v) is 6.20. The number of hydrogen-bond donors (Lipinski definition) is 1. The third-order valence-electron chi connectivity index (χ3n) is 6.54. The van der Waals surface area contributed by atoms with E-state index >= 15 is 0 Å². The van der Waals surface area contributed by atoms with Crippen LogP contribution < -0.4 is 0 Å². The summed E-state index contributed by atoms with van der Waals surface area (Å²) in [5.74, 6) is -2.01. The van der Waals surface area contributed by atoms with Gasteiger partial charge in [0.2, 0.25) is 0 Å². The summed E-state index contributed by atoms with van der Waals surface area (Å²) in [6, 6.07) is 12.5. The predicted octanol–water partition coefficient (Wildman–Crippen LogP) is 5.86. The zero-order valence-electron chi connectivity index (χ0n) is 21.4. The molecule has 10 heteroatoms. The van der Waals surface area contributed by atoms with Crippen LogP contribution in [-0.4, -0.2) is 52.9 Å². The number of morpholine rings is 1. The Hall–Kier alpha value is -2.13. The summed E-state index contributed by atoms with van der Waals surface area (Å²) < 4.78 is 31.8. The lowest BCUT2D eigenvalue weighted by molar-refractivity contribution is -0.182. The zero-order valence-corrected chi connectivity index (χ0v) is 23.7. The summed E-state index contributed by atoms with van der Waals surface area (Å²) in [6.45, 7) is 6.81. The van der Waals surface area contributed by atoms with Gasteiger partial charge in [-0.25, -0.2) is 8.42 Å². The molecular formula is C27H33Cl2NO6S.